The van der Waals surface area contributed by atoms with E-state index in [2.05, 4.69) is 153 Å². The van der Waals surface area contributed by atoms with Gasteiger partial charge in [0.1, 0.15) is 0 Å². The van der Waals surface area contributed by atoms with Crippen molar-refractivity contribution in [1.29, 1.82) is 0 Å². The highest BCUT2D eigenvalue weighted by Gasteiger charge is 2.49. The Morgan fingerprint density at radius 3 is 2.02 bits per heavy atom. The smallest absolute Gasteiger partial charge is 0.333 e. The third-order valence-electron chi connectivity index (χ3n) is 10.4. The SMILES string of the molecule is Cc1cc2c3c(c1)N1c4ccccc4C(C)(C)c4cccc(c41)B3N(c1ccccc1C)c1cc3c(cc1-2)Sc1ccccc1S3. The van der Waals surface area contributed by atoms with Crippen LogP contribution in [0, 0.1) is 13.8 Å². The normalized spacial score (nSPS) is 15.7. The second kappa shape index (κ2) is 9.37. The van der Waals surface area contributed by atoms with Gasteiger partial charge in [-0.05, 0) is 95.1 Å². The molecule has 0 unspecified atom stereocenters. The number of hydrogen-bond donors (Lipinski definition) is 0. The quantitative estimate of drug-likeness (QED) is 0.167. The first-order valence-corrected chi connectivity index (χ1v) is 17.7. The number of benzene rings is 6. The Bertz CT molecular complexity index is 2310. The van der Waals surface area contributed by atoms with Crippen LogP contribution in [0.2, 0.25) is 0 Å². The summed E-state index contributed by atoms with van der Waals surface area (Å²) in [5, 5.41) is 0. The molecular weight excluding hydrogens is 595 g/mol. The Balaban J connectivity index is 1.33. The molecule has 2 nitrogen and oxygen atoms in total. The van der Waals surface area contributed by atoms with Crippen LogP contribution in [0.15, 0.2) is 135 Å². The molecule has 5 heteroatoms. The molecule has 0 spiro atoms. The van der Waals surface area contributed by atoms with Gasteiger partial charge in [0.25, 0.3) is 0 Å². The van der Waals surface area contributed by atoms with Gasteiger partial charge in [-0.15, -0.1) is 0 Å². The molecular formula is C41H31BN2S2. The van der Waals surface area contributed by atoms with Crippen LogP contribution in [0.25, 0.3) is 11.1 Å². The van der Waals surface area contributed by atoms with Crippen molar-refractivity contribution in [3.8, 4) is 11.1 Å². The molecule has 4 aliphatic heterocycles. The van der Waals surface area contributed by atoms with Gasteiger partial charge in [0.15, 0.2) is 0 Å². The molecule has 10 rings (SSSR count). The van der Waals surface area contributed by atoms with Gasteiger partial charge in [-0.25, -0.2) is 0 Å². The molecule has 0 aromatic heterocycles. The summed E-state index contributed by atoms with van der Waals surface area (Å²) >= 11 is 3.81. The van der Waals surface area contributed by atoms with Crippen LogP contribution < -0.4 is 20.6 Å². The average molecular weight is 627 g/mol. The second-order valence-electron chi connectivity index (χ2n) is 13.5. The molecule has 0 saturated heterocycles. The Morgan fingerprint density at radius 1 is 0.565 bits per heavy atom. The van der Waals surface area contributed by atoms with Crippen molar-refractivity contribution in [3.05, 3.63) is 138 Å². The molecule has 220 valence electrons. The Morgan fingerprint density at radius 2 is 1.24 bits per heavy atom. The molecule has 4 aliphatic rings. The van der Waals surface area contributed by atoms with Gasteiger partial charge in [0, 0.05) is 53.3 Å². The molecule has 46 heavy (non-hydrogen) atoms. The predicted octanol–water partition coefficient (Wildman–Crippen LogP) is 10.3. The predicted molar refractivity (Wildman–Crippen MR) is 196 cm³/mol. The van der Waals surface area contributed by atoms with Gasteiger partial charge < -0.3 is 9.71 Å². The summed E-state index contributed by atoms with van der Waals surface area (Å²) in [6.45, 7) is 9.35. The summed E-state index contributed by atoms with van der Waals surface area (Å²) < 4.78 is 0. The number of aryl methyl sites for hydroxylation is 2. The zero-order chi connectivity index (χ0) is 30.9. The maximum Gasteiger partial charge on any atom is 0.333 e. The molecule has 0 saturated carbocycles. The van der Waals surface area contributed by atoms with Gasteiger partial charge >= 0.3 is 6.85 Å². The molecule has 0 N–H and O–H groups in total. The van der Waals surface area contributed by atoms with Gasteiger partial charge in [0.05, 0.1) is 5.69 Å². The largest absolute Gasteiger partial charge is 0.376 e. The van der Waals surface area contributed by atoms with E-state index in [4.69, 9.17) is 0 Å². The van der Waals surface area contributed by atoms with Gasteiger partial charge in [-0.2, -0.15) is 0 Å². The van der Waals surface area contributed by atoms with Crippen LogP contribution in [0.5, 0.6) is 0 Å². The van der Waals surface area contributed by atoms with Crippen molar-refractivity contribution in [3.63, 3.8) is 0 Å². The van der Waals surface area contributed by atoms with E-state index in [0.29, 0.717) is 0 Å². The molecule has 0 atom stereocenters. The maximum atomic E-state index is 2.66. The zero-order valence-electron chi connectivity index (χ0n) is 26.3. The number of fused-ring (bicyclic) bond motifs is 8. The summed E-state index contributed by atoms with van der Waals surface area (Å²) in [7, 11) is 0. The van der Waals surface area contributed by atoms with E-state index >= 15 is 0 Å². The third kappa shape index (κ3) is 3.48. The summed E-state index contributed by atoms with van der Waals surface area (Å²) in [6, 6.07) is 43.7. The van der Waals surface area contributed by atoms with Gasteiger partial charge in [0.2, 0.25) is 0 Å². The highest BCUT2D eigenvalue weighted by Crippen LogP contribution is 2.57. The summed E-state index contributed by atoms with van der Waals surface area (Å²) in [6.07, 6.45) is 0. The summed E-state index contributed by atoms with van der Waals surface area (Å²) in [5.41, 5.74) is 17.2. The van der Waals surface area contributed by atoms with Crippen LogP contribution in [0.3, 0.4) is 0 Å². The Hall–Kier alpha value is -4.32. The minimum Gasteiger partial charge on any atom is -0.376 e. The minimum atomic E-state index is -0.122. The number of hydrogen-bond acceptors (Lipinski definition) is 4. The molecule has 0 bridgehead atoms. The van der Waals surface area contributed by atoms with E-state index in [1.165, 1.54) is 92.3 Å². The number of nitrogens with zero attached hydrogens (tertiary/aromatic N) is 2. The van der Waals surface area contributed by atoms with Crippen LogP contribution in [-0.2, 0) is 5.41 Å². The van der Waals surface area contributed by atoms with Crippen molar-refractivity contribution < 1.29 is 0 Å². The van der Waals surface area contributed by atoms with E-state index in [1.54, 1.807) is 0 Å². The lowest BCUT2D eigenvalue weighted by Crippen LogP contribution is -2.62. The summed E-state index contributed by atoms with van der Waals surface area (Å²) in [5.74, 6) is 0. The molecule has 0 radical (unpaired) electrons. The zero-order valence-corrected chi connectivity index (χ0v) is 27.9. The molecule has 6 aromatic rings. The van der Waals surface area contributed by atoms with Gasteiger partial charge in [-0.1, -0.05) is 110 Å². The van der Waals surface area contributed by atoms with E-state index in [9.17, 15) is 0 Å². The lowest BCUT2D eigenvalue weighted by molar-refractivity contribution is 0.632. The Labute approximate surface area is 279 Å². The van der Waals surface area contributed by atoms with Crippen molar-refractivity contribution in [2.24, 2.45) is 0 Å². The van der Waals surface area contributed by atoms with Crippen LogP contribution in [0.4, 0.5) is 28.4 Å². The van der Waals surface area contributed by atoms with E-state index < -0.39 is 0 Å². The fourth-order valence-corrected chi connectivity index (χ4v) is 10.6. The number of anilines is 5. The maximum absolute atomic E-state index is 2.66. The topological polar surface area (TPSA) is 6.48 Å². The monoisotopic (exact) mass is 626 g/mol. The van der Waals surface area contributed by atoms with E-state index in [0.717, 1.165) is 0 Å². The van der Waals surface area contributed by atoms with Crippen molar-refractivity contribution in [2.75, 3.05) is 9.71 Å². The summed E-state index contributed by atoms with van der Waals surface area (Å²) in [4.78, 5) is 10.6. The lowest BCUT2D eigenvalue weighted by atomic mass is 9.42. The van der Waals surface area contributed by atoms with Crippen molar-refractivity contribution in [1.82, 2.24) is 0 Å². The lowest BCUT2D eigenvalue weighted by Gasteiger charge is -2.50. The molecule has 0 aliphatic carbocycles. The highest BCUT2D eigenvalue weighted by molar-refractivity contribution is 8.05. The van der Waals surface area contributed by atoms with Crippen LogP contribution in [-0.4, -0.2) is 6.85 Å². The molecule has 0 amide bonds. The van der Waals surface area contributed by atoms with E-state index in [-0.39, 0.29) is 12.3 Å². The second-order valence-corrected chi connectivity index (χ2v) is 15.7. The Kier molecular flexibility index (Phi) is 5.47. The standard InChI is InChI=1S/C41H31BN2S2/c1-24-20-27-26-22-37-38(46-36-19-10-9-18-35(36)45-37)23-33(26)44(31-16-7-5-12-25(31)2)42-30-15-11-14-29-40(30)43(34(21-24)39(27)42)32-17-8-6-13-28(32)41(29,3)4/h5-23H,1-4H3. The van der Waals surface area contributed by atoms with Crippen molar-refractivity contribution in [2.45, 2.75) is 52.7 Å². The first-order valence-electron chi connectivity index (χ1n) is 16.1. The fourth-order valence-electron chi connectivity index (χ4n) is 8.37. The highest BCUT2D eigenvalue weighted by atomic mass is 32.2. The molecule has 0 fully saturated rings. The first-order chi connectivity index (χ1) is 22.4. The first kappa shape index (κ1) is 26.9. The number of para-hydroxylation sites is 3. The third-order valence-corrected chi connectivity index (χ3v) is 13.0. The van der Waals surface area contributed by atoms with Crippen LogP contribution >= 0.6 is 23.5 Å². The molecule has 4 heterocycles. The van der Waals surface area contributed by atoms with E-state index in [1.807, 2.05) is 23.5 Å². The van der Waals surface area contributed by atoms with Gasteiger partial charge in [-0.3, -0.25) is 0 Å². The minimum absolute atomic E-state index is 0.0399. The van der Waals surface area contributed by atoms with Crippen molar-refractivity contribution >= 4 is 69.7 Å². The molecule has 6 aromatic carbocycles. The average Bonchev–Trinajstić information content (AvgIpc) is 3.06. The fraction of sp³-hybridized carbons (Fsp3) is 0.122. The van der Waals surface area contributed by atoms with Crippen LogP contribution in [0.1, 0.15) is 36.1 Å². The number of rotatable bonds is 1.